The minimum Gasteiger partial charge on any atom is -0.458 e. The zero-order chi connectivity index (χ0) is 21.8. The molecule has 154 valence electrons. The van der Waals surface area contributed by atoms with Crippen LogP contribution in [-0.4, -0.2) is 11.8 Å². The van der Waals surface area contributed by atoms with E-state index in [0.29, 0.717) is 0 Å². The molecule has 2 heterocycles. The fourth-order valence-electron chi connectivity index (χ4n) is 5.14. The molecule has 0 unspecified atom stereocenters. The summed E-state index contributed by atoms with van der Waals surface area (Å²) in [6, 6.07) is 40.9. The molecular weight excluding hydrogens is 401 g/mol. The van der Waals surface area contributed by atoms with Gasteiger partial charge in [-0.2, -0.15) is 0 Å². The van der Waals surface area contributed by atoms with E-state index in [-0.39, 0.29) is 0 Å². The minimum absolute atomic E-state index is 0.831. The molecule has 0 amide bonds. The van der Waals surface area contributed by atoms with Crippen LogP contribution in [0.3, 0.4) is 0 Å². The van der Waals surface area contributed by atoms with Crippen molar-refractivity contribution in [2.45, 2.75) is 0 Å². The summed E-state index contributed by atoms with van der Waals surface area (Å²) in [6.45, 7) is 0. The number of benzene rings is 5. The molecule has 0 aliphatic carbocycles. The van der Waals surface area contributed by atoms with Crippen molar-refractivity contribution in [2.24, 2.45) is 0 Å². The maximum atomic E-state index is 6.50. The third kappa shape index (κ3) is 2.90. The van der Waals surface area contributed by atoms with Gasteiger partial charge in [0.2, 0.25) is 0 Å². The first kappa shape index (κ1) is 18.3. The van der Waals surface area contributed by atoms with Crippen molar-refractivity contribution in [2.75, 3.05) is 0 Å². The fourth-order valence-corrected chi connectivity index (χ4v) is 5.14. The van der Waals surface area contributed by atoms with Gasteiger partial charge in [-0.15, -0.1) is 0 Å². The second-order valence-electron chi connectivity index (χ2n) is 8.63. The standard InChI is InChI=1S/C30H20BNO/c1-4-13-26-23(10-1)20-8-7-9-22(18-20)33-30-19-21(16-17-27(30)31-26)32-28-14-5-2-11-24(28)25-12-3-6-15-29(25)32/h1-19,31H. The van der Waals surface area contributed by atoms with Crippen LogP contribution in [0.1, 0.15) is 0 Å². The Morgan fingerprint density at radius 3 is 2.12 bits per heavy atom. The lowest BCUT2D eigenvalue weighted by atomic mass is 9.61. The van der Waals surface area contributed by atoms with Gasteiger partial charge in [-0.25, -0.2) is 0 Å². The molecule has 7 rings (SSSR count). The van der Waals surface area contributed by atoms with Gasteiger partial charge in [-0.1, -0.05) is 84.3 Å². The molecule has 0 atom stereocenters. The van der Waals surface area contributed by atoms with Crippen LogP contribution >= 0.6 is 0 Å². The maximum Gasteiger partial charge on any atom is 0.197 e. The van der Waals surface area contributed by atoms with Crippen LogP contribution in [0.25, 0.3) is 38.6 Å². The molecule has 0 saturated carbocycles. The van der Waals surface area contributed by atoms with E-state index in [1.165, 1.54) is 43.9 Å². The highest BCUT2D eigenvalue weighted by Gasteiger charge is 2.18. The highest BCUT2D eigenvalue weighted by Crippen LogP contribution is 2.34. The lowest BCUT2D eigenvalue weighted by Gasteiger charge is -2.14. The molecule has 1 aliphatic heterocycles. The van der Waals surface area contributed by atoms with Crippen molar-refractivity contribution in [1.82, 2.24) is 4.57 Å². The van der Waals surface area contributed by atoms with Gasteiger partial charge in [0.25, 0.3) is 0 Å². The van der Waals surface area contributed by atoms with Gasteiger partial charge in [0.1, 0.15) is 11.5 Å². The average Bonchev–Trinajstić information content (AvgIpc) is 3.21. The van der Waals surface area contributed by atoms with Crippen molar-refractivity contribution in [3.8, 4) is 28.3 Å². The number of fused-ring (bicyclic) bond motifs is 8. The number of hydrogen-bond donors (Lipinski definition) is 0. The second kappa shape index (κ2) is 7.14. The number of nitrogens with zero attached hydrogens (tertiary/aromatic N) is 1. The Kier molecular flexibility index (Phi) is 3.97. The highest BCUT2D eigenvalue weighted by atomic mass is 16.5. The summed E-state index contributed by atoms with van der Waals surface area (Å²) in [5, 5.41) is 2.53. The van der Waals surface area contributed by atoms with Gasteiger partial charge >= 0.3 is 0 Å². The van der Waals surface area contributed by atoms with Gasteiger partial charge in [0.05, 0.1) is 11.0 Å². The van der Waals surface area contributed by atoms with Gasteiger partial charge in [-0.3, -0.25) is 0 Å². The first-order valence-corrected chi connectivity index (χ1v) is 11.3. The molecule has 2 nitrogen and oxygen atoms in total. The Bertz CT molecular complexity index is 1630. The summed E-state index contributed by atoms with van der Waals surface area (Å²) in [5.41, 5.74) is 8.47. The molecule has 1 aromatic heterocycles. The molecule has 2 bridgehead atoms. The van der Waals surface area contributed by atoms with E-state index < -0.39 is 0 Å². The van der Waals surface area contributed by atoms with Crippen molar-refractivity contribution in [1.29, 1.82) is 0 Å². The van der Waals surface area contributed by atoms with E-state index in [1.54, 1.807) is 0 Å². The number of hydrogen-bond acceptors (Lipinski definition) is 1. The number of aromatic nitrogens is 1. The van der Waals surface area contributed by atoms with Gasteiger partial charge in [0.15, 0.2) is 7.28 Å². The van der Waals surface area contributed by atoms with Crippen LogP contribution in [0.5, 0.6) is 11.5 Å². The van der Waals surface area contributed by atoms with Crippen LogP contribution in [0.15, 0.2) is 115 Å². The quantitative estimate of drug-likeness (QED) is 0.299. The van der Waals surface area contributed by atoms with Crippen LogP contribution in [0.4, 0.5) is 0 Å². The second-order valence-corrected chi connectivity index (χ2v) is 8.63. The molecule has 5 aromatic carbocycles. The third-order valence-electron chi connectivity index (χ3n) is 6.66. The average molecular weight is 421 g/mol. The number of ether oxygens (including phenoxy) is 1. The summed E-state index contributed by atoms with van der Waals surface area (Å²) in [5.74, 6) is 1.77. The minimum atomic E-state index is 0.831. The first-order chi connectivity index (χ1) is 16.3. The zero-order valence-electron chi connectivity index (χ0n) is 18.0. The molecule has 0 spiro atoms. The molecule has 33 heavy (non-hydrogen) atoms. The third-order valence-corrected chi connectivity index (χ3v) is 6.66. The first-order valence-electron chi connectivity index (χ1n) is 11.3. The van der Waals surface area contributed by atoms with Crippen molar-refractivity contribution >= 4 is 40.0 Å². The topological polar surface area (TPSA) is 14.2 Å². The Labute approximate surface area is 192 Å². The highest BCUT2D eigenvalue weighted by molar-refractivity contribution is 6.69. The summed E-state index contributed by atoms with van der Waals surface area (Å²) in [7, 11) is 0.831. The molecule has 6 aromatic rings. The maximum absolute atomic E-state index is 6.50. The summed E-state index contributed by atoms with van der Waals surface area (Å²) in [6.07, 6.45) is 0. The lowest BCUT2D eigenvalue weighted by Crippen LogP contribution is -2.29. The number of para-hydroxylation sites is 2. The molecule has 0 N–H and O–H groups in total. The Morgan fingerprint density at radius 2 is 1.30 bits per heavy atom. The SMILES string of the molecule is B1c2ccc(-n3c4ccccc4c4ccccc43)cc2Oc2cccc(c2)-c2ccccc21. The molecule has 0 fully saturated rings. The van der Waals surface area contributed by atoms with Gasteiger partial charge in [0, 0.05) is 22.5 Å². The van der Waals surface area contributed by atoms with Crippen molar-refractivity contribution in [3.05, 3.63) is 115 Å². The smallest absolute Gasteiger partial charge is 0.197 e. The van der Waals surface area contributed by atoms with E-state index in [9.17, 15) is 0 Å². The Hall–Kier alpha value is -4.24. The van der Waals surface area contributed by atoms with Crippen molar-refractivity contribution < 1.29 is 4.74 Å². The van der Waals surface area contributed by atoms with E-state index in [1.807, 2.05) is 6.07 Å². The molecule has 0 saturated heterocycles. The molecule has 0 radical (unpaired) electrons. The molecule has 1 aliphatic rings. The number of rotatable bonds is 1. The van der Waals surface area contributed by atoms with Gasteiger partial charge < -0.3 is 9.30 Å². The zero-order valence-corrected chi connectivity index (χ0v) is 18.0. The van der Waals surface area contributed by atoms with Crippen LogP contribution in [0.2, 0.25) is 0 Å². The van der Waals surface area contributed by atoms with E-state index in [0.717, 1.165) is 24.5 Å². The Balaban J connectivity index is 1.47. The van der Waals surface area contributed by atoms with Crippen LogP contribution in [-0.2, 0) is 0 Å². The van der Waals surface area contributed by atoms with Crippen molar-refractivity contribution in [3.63, 3.8) is 0 Å². The predicted molar refractivity (Wildman–Crippen MR) is 139 cm³/mol. The van der Waals surface area contributed by atoms with Crippen LogP contribution < -0.4 is 15.7 Å². The summed E-state index contributed by atoms with van der Waals surface area (Å²) >= 11 is 0. The monoisotopic (exact) mass is 421 g/mol. The molecular formula is C30H20BNO. The largest absolute Gasteiger partial charge is 0.458 e. The van der Waals surface area contributed by atoms with E-state index >= 15 is 0 Å². The predicted octanol–water partition coefficient (Wildman–Crippen LogP) is 5.94. The summed E-state index contributed by atoms with van der Waals surface area (Å²) < 4.78 is 8.84. The molecule has 3 heteroatoms. The van der Waals surface area contributed by atoms with Crippen LogP contribution in [0, 0.1) is 0 Å². The Morgan fingerprint density at radius 1 is 0.576 bits per heavy atom. The fraction of sp³-hybridized carbons (Fsp3) is 0. The van der Waals surface area contributed by atoms with Gasteiger partial charge in [-0.05, 0) is 46.9 Å². The normalized spacial score (nSPS) is 12.1. The lowest BCUT2D eigenvalue weighted by molar-refractivity contribution is 0.486. The van der Waals surface area contributed by atoms with E-state index in [2.05, 4.69) is 114 Å². The summed E-state index contributed by atoms with van der Waals surface area (Å²) in [4.78, 5) is 0. The van der Waals surface area contributed by atoms with E-state index in [4.69, 9.17) is 4.74 Å².